The first-order valence-electron chi connectivity index (χ1n) is 7.32. The molecule has 0 bridgehead atoms. The highest BCUT2D eigenvalue weighted by atomic mass is 16.5. The van der Waals surface area contributed by atoms with Gasteiger partial charge in [-0.3, -0.25) is 9.55 Å². The van der Waals surface area contributed by atoms with E-state index in [2.05, 4.69) is 10.1 Å². The van der Waals surface area contributed by atoms with Gasteiger partial charge < -0.3 is 4.74 Å². The molecule has 0 spiro atoms. The molecule has 2 aromatic rings. The fourth-order valence-electron chi connectivity index (χ4n) is 2.49. The van der Waals surface area contributed by atoms with E-state index in [1.54, 1.807) is 17.9 Å². The Bertz CT molecular complexity index is 751. The van der Waals surface area contributed by atoms with Crippen LogP contribution in [0.4, 0.5) is 0 Å². The third-order valence-corrected chi connectivity index (χ3v) is 3.74. The standard InChI is InChI=1S/C16H24N4O2/c1-10-8-17-13(11(2)14(10)22-7)9-19-12(3)18-20(15(19)21)16(4,5)6/h8H,9H2,1-7H3. The summed E-state index contributed by atoms with van der Waals surface area (Å²) in [4.78, 5) is 17.0. The van der Waals surface area contributed by atoms with Crippen LogP contribution in [-0.4, -0.2) is 26.4 Å². The van der Waals surface area contributed by atoms with Gasteiger partial charge in [0.05, 0.1) is 24.9 Å². The van der Waals surface area contributed by atoms with Gasteiger partial charge in [0, 0.05) is 17.3 Å². The zero-order valence-corrected chi connectivity index (χ0v) is 14.4. The van der Waals surface area contributed by atoms with Crippen molar-refractivity contribution in [2.75, 3.05) is 7.11 Å². The van der Waals surface area contributed by atoms with Crippen LogP contribution in [0.5, 0.6) is 5.75 Å². The lowest BCUT2D eigenvalue weighted by molar-refractivity contribution is 0.340. The van der Waals surface area contributed by atoms with E-state index in [0.717, 1.165) is 22.6 Å². The first-order valence-corrected chi connectivity index (χ1v) is 7.32. The Balaban J connectivity index is 2.49. The van der Waals surface area contributed by atoms with Crippen molar-refractivity contribution in [1.29, 1.82) is 0 Å². The summed E-state index contributed by atoms with van der Waals surface area (Å²) >= 11 is 0. The third kappa shape index (κ3) is 2.77. The van der Waals surface area contributed by atoms with Crippen LogP contribution in [0.2, 0.25) is 0 Å². The quantitative estimate of drug-likeness (QED) is 0.872. The van der Waals surface area contributed by atoms with E-state index in [1.165, 1.54) is 4.68 Å². The van der Waals surface area contributed by atoms with E-state index in [9.17, 15) is 4.79 Å². The zero-order valence-electron chi connectivity index (χ0n) is 14.4. The van der Waals surface area contributed by atoms with Crippen molar-refractivity contribution < 1.29 is 4.74 Å². The van der Waals surface area contributed by atoms with Gasteiger partial charge in [-0.1, -0.05) is 0 Å². The Morgan fingerprint density at radius 1 is 1.23 bits per heavy atom. The van der Waals surface area contributed by atoms with Crippen LogP contribution in [0.15, 0.2) is 11.0 Å². The van der Waals surface area contributed by atoms with E-state index >= 15 is 0 Å². The van der Waals surface area contributed by atoms with Gasteiger partial charge in [-0.2, -0.15) is 5.10 Å². The second-order valence-corrected chi connectivity index (χ2v) is 6.54. The zero-order chi connectivity index (χ0) is 16.7. The van der Waals surface area contributed by atoms with E-state index in [-0.39, 0.29) is 11.2 Å². The number of hydrogen-bond donors (Lipinski definition) is 0. The first kappa shape index (κ1) is 16.3. The maximum atomic E-state index is 12.6. The van der Waals surface area contributed by atoms with Gasteiger partial charge in [-0.15, -0.1) is 0 Å². The number of aromatic nitrogens is 4. The molecule has 0 N–H and O–H groups in total. The molecule has 0 radical (unpaired) electrons. The van der Waals surface area contributed by atoms with Crippen LogP contribution in [-0.2, 0) is 12.1 Å². The molecule has 22 heavy (non-hydrogen) atoms. The van der Waals surface area contributed by atoms with Gasteiger partial charge >= 0.3 is 5.69 Å². The molecule has 6 heteroatoms. The molecule has 0 aliphatic rings. The summed E-state index contributed by atoms with van der Waals surface area (Å²) in [5.41, 5.74) is 2.29. The maximum Gasteiger partial charge on any atom is 0.346 e. The molecule has 0 fully saturated rings. The molecule has 2 rings (SSSR count). The SMILES string of the molecule is COc1c(C)cnc(Cn2c(C)nn(C(C)(C)C)c2=O)c1C. The summed E-state index contributed by atoms with van der Waals surface area (Å²) < 4.78 is 8.59. The van der Waals surface area contributed by atoms with Crippen LogP contribution in [0.25, 0.3) is 0 Å². The predicted molar refractivity (Wildman–Crippen MR) is 85.6 cm³/mol. The van der Waals surface area contributed by atoms with Crippen LogP contribution < -0.4 is 10.4 Å². The Hall–Kier alpha value is -2.11. The highest BCUT2D eigenvalue weighted by molar-refractivity contribution is 5.41. The number of nitrogens with zero attached hydrogens (tertiary/aromatic N) is 4. The number of pyridine rings is 1. The van der Waals surface area contributed by atoms with E-state index in [0.29, 0.717) is 12.4 Å². The molecule has 0 aromatic carbocycles. The summed E-state index contributed by atoms with van der Waals surface area (Å²) in [7, 11) is 1.65. The number of aryl methyl sites for hydroxylation is 2. The van der Waals surface area contributed by atoms with Gasteiger partial charge in [0.2, 0.25) is 0 Å². The van der Waals surface area contributed by atoms with E-state index in [4.69, 9.17) is 4.74 Å². The van der Waals surface area contributed by atoms with Gasteiger partial charge in [0.15, 0.2) is 0 Å². The molecule has 2 aromatic heterocycles. The lowest BCUT2D eigenvalue weighted by Gasteiger charge is -2.17. The molecule has 6 nitrogen and oxygen atoms in total. The van der Waals surface area contributed by atoms with Crippen molar-refractivity contribution in [2.24, 2.45) is 0 Å². The van der Waals surface area contributed by atoms with Crippen molar-refractivity contribution in [3.8, 4) is 5.75 Å². The lowest BCUT2D eigenvalue weighted by Crippen LogP contribution is -2.36. The van der Waals surface area contributed by atoms with Crippen molar-refractivity contribution >= 4 is 0 Å². The molecular formula is C16H24N4O2. The van der Waals surface area contributed by atoms with Crippen molar-refractivity contribution in [1.82, 2.24) is 19.3 Å². The highest BCUT2D eigenvalue weighted by Gasteiger charge is 2.21. The van der Waals surface area contributed by atoms with Gasteiger partial charge in [0.1, 0.15) is 11.6 Å². The molecule has 0 saturated carbocycles. The topological polar surface area (TPSA) is 61.9 Å². The summed E-state index contributed by atoms with van der Waals surface area (Å²) in [6.07, 6.45) is 1.77. The highest BCUT2D eigenvalue weighted by Crippen LogP contribution is 2.24. The average Bonchev–Trinajstić information content (AvgIpc) is 2.70. The minimum absolute atomic E-state index is 0.120. The number of ether oxygens (including phenoxy) is 1. The smallest absolute Gasteiger partial charge is 0.346 e. The molecule has 0 unspecified atom stereocenters. The van der Waals surface area contributed by atoms with Crippen LogP contribution in [0.1, 0.15) is 43.4 Å². The molecule has 0 aliphatic heterocycles. The largest absolute Gasteiger partial charge is 0.496 e. The molecule has 0 aliphatic carbocycles. The van der Waals surface area contributed by atoms with Crippen molar-refractivity contribution in [2.45, 2.75) is 53.6 Å². The Labute approximate surface area is 130 Å². The van der Waals surface area contributed by atoms with Gasteiger partial charge in [-0.05, 0) is 41.5 Å². The first-order chi connectivity index (χ1) is 10.2. The normalized spacial score (nSPS) is 11.8. The van der Waals surface area contributed by atoms with Crippen LogP contribution >= 0.6 is 0 Å². The molecule has 0 amide bonds. The van der Waals surface area contributed by atoms with Crippen molar-refractivity contribution in [3.05, 3.63) is 39.3 Å². The fraction of sp³-hybridized carbons (Fsp3) is 0.562. The maximum absolute atomic E-state index is 12.6. The Morgan fingerprint density at radius 3 is 2.36 bits per heavy atom. The second-order valence-electron chi connectivity index (χ2n) is 6.54. The lowest BCUT2D eigenvalue weighted by atomic mass is 10.1. The van der Waals surface area contributed by atoms with E-state index in [1.807, 2.05) is 41.5 Å². The summed E-state index contributed by atoms with van der Waals surface area (Å²) in [6.45, 7) is 12.0. The third-order valence-electron chi connectivity index (χ3n) is 3.74. The molecule has 0 atom stereocenters. The summed E-state index contributed by atoms with van der Waals surface area (Å²) in [6, 6.07) is 0. The monoisotopic (exact) mass is 304 g/mol. The summed E-state index contributed by atoms with van der Waals surface area (Å²) in [5.74, 6) is 1.50. The average molecular weight is 304 g/mol. The van der Waals surface area contributed by atoms with E-state index < -0.39 is 0 Å². The molecule has 2 heterocycles. The minimum atomic E-state index is -0.347. The number of hydrogen-bond acceptors (Lipinski definition) is 4. The van der Waals surface area contributed by atoms with Gasteiger partial charge in [0.25, 0.3) is 0 Å². The number of rotatable bonds is 3. The van der Waals surface area contributed by atoms with Crippen LogP contribution in [0.3, 0.4) is 0 Å². The Morgan fingerprint density at radius 2 is 1.86 bits per heavy atom. The second kappa shape index (κ2) is 5.59. The molecule has 0 saturated heterocycles. The number of methoxy groups -OCH3 is 1. The summed E-state index contributed by atoms with van der Waals surface area (Å²) in [5, 5.41) is 4.38. The fourth-order valence-corrected chi connectivity index (χ4v) is 2.49. The molecule has 120 valence electrons. The van der Waals surface area contributed by atoms with Crippen molar-refractivity contribution in [3.63, 3.8) is 0 Å². The predicted octanol–water partition coefficient (Wildman–Crippen LogP) is 2.18. The molecular weight excluding hydrogens is 280 g/mol. The van der Waals surface area contributed by atoms with Crippen LogP contribution in [0, 0.1) is 20.8 Å². The van der Waals surface area contributed by atoms with Gasteiger partial charge in [-0.25, -0.2) is 9.48 Å². The minimum Gasteiger partial charge on any atom is -0.496 e. The Kier molecular flexibility index (Phi) is 4.13.